The number of esters is 1. The normalized spacial score (nSPS) is 27.1. The fraction of sp³-hybridized carbons (Fsp3) is 0.353. The predicted molar refractivity (Wildman–Crippen MR) is 80.3 cm³/mol. The summed E-state index contributed by atoms with van der Waals surface area (Å²) >= 11 is 0. The Kier molecular flexibility index (Phi) is 3.06. The van der Waals surface area contributed by atoms with Crippen molar-refractivity contribution in [2.24, 2.45) is 5.92 Å². The SMILES string of the molecule is COC(=O)[C@H]1ON(C)[C@H]2c3c(ccc4ccccc34)OC[C@@H]12. The molecule has 0 spiro atoms. The van der Waals surface area contributed by atoms with Crippen LogP contribution in [0, 0.1) is 5.92 Å². The summed E-state index contributed by atoms with van der Waals surface area (Å²) in [7, 11) is 3.24. The van der Waals surface area contributed by atoms with Crippen LogP contribution in [-0.2, 0) is 14.4 Å². The Labute approximate surface area is 128 Å². The molecule has 2 heterocycles. The third kappa shape index (κ3) is 1.82. The summed E-state index contributed by atoms with van der Waals surface area (Å²) in [5.74, 6) is 0.434. The molecule has 0 saturated carbocycles. The average Bonchev–Trinajstić information content (AvgIpc) is 2.91. The molecule has 2 aliphatic heterocycles. The molecule has 22 heavy (non-hydrogen) atoms. The highest BCUT2D eigenvalue weighted by atomic mass is 16.7. The fourth-order valence-electron chi connectivity index (χ4n) is 3.56. The third-order valence-corrected chi connectivity index (χ3v) is 4.56. The van der Waals surface area contributed by atoms with E-state index in [1.807, 2.05) is 25.2 Å². The maximum Gasteiger partial charge on any atom is 0.337 e. The summed E-state index contributed by atoms with van der Waals surface area (Å²) in [5, 5.41) is 4.05. The highest BCUT2D eigenvalue weighted by Crippen LogP contribution is 2.48. The lowest BCUT2D eigenvalue weighted by atomic mass is 9.85. The minimum Gasteiger partial charge on any atom is -0.493 e. The Hall–Kier alpha value is -2.11. The predicted octanol–water partition coefficient (Wildman–Crippen LogP) is 2.31. The van der Waals surface area contributed by atoms with Crippen molar-refractivity contribution in [2.75, 3.05) is 20.8 Å². The van der Waals surface area contributed by atoms with Crippen molar-refractivity contribution in [1.82, 2.24) is 5.06 Å². The molecule has 2 aliphatic rings. The van der Waals surface area contributed by atoms with E-state index in [0.29, 0.717) is 6.61 Å². The highest BCUT2D eigenvalue weighted by molar-refractivity contribution is 5.89. The lowest BCUT2D eigenvalue weighted by molar-refractivity contribution is -0.180. The van der Waals surface area contributed by atoms with Gasteiger partial charge >= 0.3 is 5.97 Å². The van der Waals surface area contributed by atoms with Gasteiger partial charge in [-0.25, -0.2) is 4.79 Å². The van der Waals surface area contributed by atoms with Crippen molar-refractivity contribution in [3.8, 4) is 5.75 Å². The summed E-state index contributed by atoms with van der Waals surface area (Å²) < 4.78 is 10.8. The molecule has 5 nitrogen and oxygen atoms in total. The number of carbonyl (C=O) groups excluding carboxylic acids is 1. The van der Waals surface area contributed by atoms with E-state index in [-0.39, 0.29) is 17.9 Å². The first-order valence-electron chi connectivity index (χ1n) is 7.32. The molecular formula is C17H17NO4. The first-order valence-corrected chi connectivity index (χ1v) is 7.32. The number of hydrogen-bond donors (Lipinski definition) is 0. The Bertz CT molecular complexity index is 745. The second-order valence-corrected chi connectivity index (χ2v) is 5.71. The summed E-state index contributed by atoms with van der Waals surface area (Å²) in [5.41, 5.74) is 1.09. The van der Waals surface area contributed by atoms with Crippen LogP contribution in [0.5, 0.6) is 5.75 Å². The van der Waals surface area contributed by atoms with Crippen molar-refractivity contribution < 1.29 is 19.1 Å². The minimum atomic E-state index is -0.618. The molecule has 0 aliphatic carbocycles. The topological polar surface area (TPSA) is 48.0 Å². The standard InChI is InChI=1S/C17H17NO4/c1-18-15-12(16(22-18)17(19)20-2)9-21-13-8-7-10-5-3-4-6-11(10)14(13)15/h3-8,12,15-16H,9H2,1-2H3/t12-,15-,16+/m1/s1. The van der Waals surface area contributed by atoms with Crippen LogP contribution in [0.4, 0.5) is 0 Å². The molecule has 0 N–H and O–H groups in total. The molecule has 1 saturated heterocycles. The summed E-state index contributed by atoms with van der Waals surface area (Å²) in [4.78, 5) is 17.7. The van der Waals surface area contributed by atoms with Crippen LogP contribution in [0.3, 0.4) is 0 Å². The lowest BCUT2D eigenvalue weighted by Crippen LogP contribution is -2.35. The van der Waals surface area contributed by atoms with Crippen LogP contribution in [0.15, 0.2) is 36.4 Å². The van der Waals surface area contributed by atoms with Gasteiger partial charge < -0.3 is 9.47 Å². The van der Waals surface area contributed by atoms with Gasteiger partial charge in [0.15, 0.2) is 6.10 Å². The van der Waals surface area contributed by atoms with E-state index in [4.69, 9.17) is 14.3 Å². The molecule has 0 unspecified atom stereocenters. The zero-order chi connectivity index (χ0) is 15.3. The van der Waals surface area contributed by atoms with Gasteiger partial charge in [-0.15, -0.1) is 0 Å². The Morgan fingerprint density at radius 3 is 2.91 bits per heavy atom. The first-order chi connectivity index (χ1) is 10.7. The molecule has 0 radical (unpaired) electrons. The number of benzene rings is 2. The number of hydrogen-bond acceptors (Lipinski definition) is 5. The van der Waals surface area contributed by atoms with E-state index >= 15 is 0 Å². The maximum absolute atomic E-state index is 12.0. The molecule has 114 valence electrons. The van der Waals surface area contributed by atoms with Crippen LogP contribution in [0.2, 0.25) is 0 Å². The molecule has 4 rings (SSSR count). The minimum absolute atomic E-state index is 0.0149. The molecular weight excluding hydrogens is 282 g/mol. The van der Waals surface area contributed by atoms with Crippen molar-refractivity contribution in [3.63, 3.8) is 0 Å². The van der Waals surface area contributed by atoms with E-state index < -0.39 is 6.10 Å². The zero-order valence-electron chi connectivity index (χ0n) is 12.5. The Balaban J connectivity index is 1.87. The van der Waals surface area contributed by atoms with Gasteiger partial charge in [-0.1, -0.05) is 30.3 Å². The van der Waals surface area contributed by atoms with Gasteiger partial charge in [-0.3, -0.25) is 4.84 Å². The largest absolute Gasteiger partial charge is 0.493 e. The molecule has 3 atom stereocenters. The average molecular weight is 299 g/mol. The van der Waals surface area contributed by atoms with E-state index in [1.54, 1.807) is 5.06 Å². The van der Waals surface area contributed by atoms with Crippen LogP contribution in [0.25, 0.3) is 10.8 Å². The Morgan fingerprint density at radius 1 is 1.27 bits per heavy atom. The second kappa shape index (κ2) is 4.97. The van der Waals surface area contributed by atoms with Crippen LogP contribution in [0.1, 0.15) is 11.6 Å². The van der Waals surface area contributed by atoms with Crippen LogP contribution < -0.4 is 4.74 Å². The van der Waals surface area contributed by atoms with Crippen molar-refractivity contribution in [2.45, 2.75) is 12.1 Å². The van der Waals surface area contributed by atoms with E-state index in [0.717, 1.165) is 22.1 Å². The molecule has 0 aromatic heterocycles. The molecule has 0 bridgehead atoms. The maximum atomic E-state index is 12.0. The van der Waals surface area contributed by atoms with Gasteiger partial charge in [0.1, 0.15) is 5.75 Å². The second-order valence-electron chi connectivity index (χ2n) is 5.71. The van der Waals surface area contributed by atoms with Gasteiger partial charge in [0, 0.05) is 12.6 Å². The molecule has 0 amide bonds. The number of fused-ring (bicyclic) bond motifs is 5. The fourth-order valence-corrected chi connectivity index (χ4v) is 3.56. The first kappa shape index (κ1) is 13.5. The molecule has 2 aromatic carbocycles. The van der Waals surface area contributed by atoms with Gasteiger partial charge in [0.05, 0.1) is 25.7 Å². The highest BCUT2D eigenvalue weighted by Gasteiger charge is 2.50. The summed E-state index contributed by atoms with van der Waals surface area (Å²) in [6.07, 6.45) is -0.618. The van der Waals surface area contributed by atoms with Crippen LogP contribution >= 0.6 is 0 Å². The summed E-state index contributed by atoms with van der Waals surface area (Å²) in [6.45, 7) is 0.445. The van der Waals surface area contributed by atoms with Crippen molar-refractivity contribution in [1.29, 1.82) is 0 Å². The number of ether oxygens (including phenoxy) is 2. The quantitative estimate of drug-likeness (QED) is 0.756. The number of hydroxylamine groups is 2. The van der Waals surface area contributed by atoms with Gasteiger partial charge in [0.25, 0.3) is 0 Å². The zero-order valence-corrected chi connectivity index (χ0v) is 12.5. The number of carbonyl (C=O) groups is 1. The van der Waals surface area contributed by atoms with Crippen molar-refractivity contribution >= 4 is 16.7 Å². The number of nitrogens with zero attached hydrogens (tertiary/aromatic N) is 1. The van der Waals surface area contributed by atoms with Gasteiger partial charge in [-0.2, -0.15) is 5.06 Å². The van der Waals surface area contributed by atoms with Gasteiger partial charge in [-0.05, 0) is 16.8 Å². The summed E-state index contributed by atoms with van der Waals surface area (Å²) in [6, 6.07) is 12.2. The van der Waals surface area contributed by atoms with Crippen LogP contribution in [-0.4, -0.2) is 37.9 Å². The number of methoxy groups -OCH3 is 1. The molecule has 2 aromatic rings. The smallest absolute Gasteiger partial charge is 0.337 e. The van der Waals surface area contributed by atoms with E-state index in [9.17, 15) is 4.79 Å². The molecule has 5 heteroatoms. The number of rotatable bonds is 1. The molecule has 1 fully saturated rings. The lowest BCUT2D eigenvalue weighted by Gasteiger charge is -2.31. The van der Waals surface area contributed by atoms with E-state index in [2.05, 4.69) is 18.2 Å². The van der Waals surface area contributed by atoms with E-state index in [1.165, 1.54) is 7.11 Å². The third-order valence-electron chi connectivity index (χ3n) is 4.56. The van der Waals surface area contributed by atoms with Gasteiger partial charge in [0.2, 0.25) is 0 Å². The monoisotopic (exact) mass is 299 g/mol. The van der Waals surface area contributed by atoms with Crippen molar-refractivity contribution in [3.05, 3.63) is 42.0 Å². The Morgan fingerprint density at radius 2 is 2.09 bits per heavy atom.